The average Bonchev–Trinajstić information content (AvgIpc) is 2.19. The SMILES string of the molecule is CCCC1(CN)C=CC=CC1CN. The Balaban J connectivity index is 2.81. The molecule has 1 aliphatic carbocycles. The molecule has 0 fully saturated rings. The molecule has 0 aromatic rings. The van der Waals surface area contributed by atoms with Crippen LogP contribution >= 0.6 is 0 Å². The quantitative estimate of drug-likeness (QED) is 0.687. The molecule has 0 heterocycles. The van der Waals surface area contributed by atoms with Gasteiger partial charge in [-0.1, -0.05) is 37.6 Å². The van der Waals surface area contributed by atoms with E-state index in [1.54, 1.807) is 0 Å². The van der Waals surface area contributed by atoms with Gasteiger partial charge < -0.3 is 11.5 Å². The monoisotopic (exact) mass is 180 g/mol. The van der Waals surface area contributed by atoms with Crippen molar-refractivity contribution >= 4 is 0 Å². The first-order valence-electron chi connectivity index (χ1n) is 5.05. The lowest BCUT2D eigenvalue weighted by molar-refractivity contribution is 0.263. The van der Waals surface area contributed by atoms with Gasteiger partial charge in [0.05, 0.1) is 0 Å². The highest BCUT2D eigenvalue weighted by Gasteiger charge is 2.32. The summed E-state index contributed by atoms with van der Waals surface area (Å²) < 4.78 is 0. The molecular formula is C11H20N2. The minimum Gasteiger partial charge on any atom is -0.330 e. The summed E-state index contributed by atoms with van der Waals surface area (Å²) in [5.41, 5.74) is 11.7. The molecule has 0 saturated heterocycles. The van der Waals surface area contributed by atoms with Gasteiger partial charge in [0, 0.05) is 12.0 Å². The summed E-state index contributed by atoms with van der Waals surface area (Å²) in [6.07, 6.45) is 10.9. The molecule has 0 spiro atoms. The smallest absolute Gasteiger partial charge is 0.00822 e. The molecule has 1 aliphatic rings. The highest BCUT2D eigenvalue weighted by Crippen LogP contribution is 2.36. The van der Waals surface area contributed by atoms with E-state index in [0.29, 0.717) is 19.0 Å². The van der Waals surface area contributed by atoms with Crippen LogP contribution in [0.25, 0.3) is 0 Å². The number of hydrogen-bond acceptors (Lipinski definition) is 2. The van der Waals surface area contributed by atoms with Gasteiger partial charge in [0.1, 0.15) is 0 Å². The van der Waals surface area contributed by atoms with Crippen molar-refractivity contribution in [2.24, 2.45) is 22.8 Å². The lowest BCUT2D eigenvalue weighted by Crippen LogP contribution is -2.40. The highest BCUT2D eigenvalue weighted by molar-refractivity contribution is 5.20. The topological polar surface area (TPSA) is 52.0 Å². The standard InChI is InChI=1S/C11H20N2/c1-2-6-11(9-13)7-4-3-5-10(11)8-12/h3-5,7,10H,2,6,8-9,12-13H2,1H3. The van der Waals surface area contributed by atoms with Crippen LogP contribution < -0.4 is 11.5 Å². The summed E-state index contributed by atoms with van der Waals surface area (Å²) in [5.74, 6) is 0.419. The molecule has 2 nitrogen and oxygen atoms in total. The first-order chi connectivity index (χ1) is 6.29. The van der Waals surface area contributed by atoms with Crippen molar-refractivity contribution in [3.05, 3.63) is 24.3 Å². The minimum atomic E-state index is 0.123. The molecule has 0 aromatic carbocycles. The highest BCUT2D eigenvalue weighted by atomic mass is 14.6. The summed E-state index contributed by atoms with van der Waals surface area (Å²) in [6.45, 7) is 3.58. The largest absolute Gasteiger partial charge is 0.330 e. The molecular weight excluding hydrogens is 160 g/mol. The van der Waals surface area contributed by atoms with E-state index in [1.165, 1.54) is 0 Å². The summed E-state index contributed by atoms with van der Waals surface area (Å²) in [4.78, 5) is 0. The van der Waals surface area contributed by atoms with Crippen LogP contribution in [-0.4, -0.2) is 13.1 Å². The summed E-state index contributed by atoms with van der Waals surface area (Å²) in [7, 11) is 0. The third-order valence-electron chi connectivity index (χ3n) is 2.97. The molecule has 1 rings (SSSR count). The molecule has 0 bridgehead atoms. The fraction of sp³-hybridized carbons (Fsp3) is 0.636. The Kier molecular flexibility index (Phi) is 3.70. The second kappa shape index (κ2) is 4.58. The van der Waals surface area contributed by atoms with Crippen molar-refractivity contribution in [3.8, 4) is 0 Å². The number of nitrogens with two attached hydrogens (primary N) is 2. The van der Waals surface area contributed by atoms with Gasteiger partial charge in [0.25, 0.3) is 0 Å². The first kappa shape index (κ1) is 10.5. The average molecular weight is 180 g/mol. The second-order valence-corrected chi connectivity index (χ2v) is 3.77. The van der Waals surface area contributed by atoms with E-state index in [9.17, 15) is 0 Å². The van der Waals surface area contributed by atoms with E-state index >= 15 is 0 Å². The lowest BCUT2D eigenvalue weighted by Gasteiger charge is -2.37. The van der Waals surface area contributed by atoms with E-state index in [-0.39, 0.29) is 5.41 Å². The minimum absolute atomic E-state index is 0.123. The zero-order valence-electron chi connectivity index (χ0n) is 8.37. The predicted molar refractivity (Wildman–Crippen MR) is 57.2 cm³/mol. The van der Waals surface area contributed by atoms with Gasteiger partial charge in [0.2, 0.25) is 0 Å². The third-order valence-corrected chi connectivity index (χ3v) is 2.97. The molecule has 0 aliphatic heterocycles. The molecule has 2 unspecified atom stereocenters. The summed E-state index contributed by atoms with van der Waals surface area (Å²) in [5, 5.41) is 0. The van der Waals surface area contributed by atoms with Crippen molar-refractivity contribution in [2.45, 2.75) is 19.8 Å². The Morgan fingerprint density at radius 2 is 2.08 bits per heavy atom. The van der Waals surface area contributed by atoms with Gasteiger partial charge in [-0.2, -0.15) is 0 Å². The first-order valence-corrected chi connectivity index (χ1v) is 5.05. The Bertz CT molecular complexity index is 208. The fourth-order valence-corrected chi connectivity index (χ4v) is 2.13. The Morgan fingerprint density at radius 3 is 2.62 bits per heavy atom. The Morgan fingerprint density at radius 1 is 1.31 bits per heavy atom. The lowest BCUT2D eigenvalue weighted by atomic mass is 9.70. The number of allylic oxidation sites excluding steroid dienone is 2. The molecule has 0 saturated carbocycles. The third kappa shape index (κ3) is 2.01. The van der Waals surface area contributed by atoms with Gasteiger partial charge in [-0.15, -0.1) is 0 Å². The van der Waals surface area contributed by atoms with Gasteiger partial charge in [0.15, 0.2) is 0 Å². The van der Waals surface area contributed by atoms with Crippen LogP contribution in [-0.2, 0) is 0 Å². The molecule has 13 heavy (non-hydrogen) atoms. The van der Waals surface area contributed by atoms with Crippen molar-refractivity contribution < 1.29 is 0 Å². The molecule has 2 heteroatoms. The fourth-order valence-electron chi connectivity index (χ4n) is 2.13. The summed E-state index contributed by atoms with van der Waals surface area (Å²) in [6, 6.07) is 0. The van der Waals surface area contributed by atoms with E-state index < -0.39 is 0 Å². The molecule has 0 amide bonds. The molecule has 2 atom stereocenters. The Labute approximate surface area is 80.7 Å². The molecule has 0 aromatic heterocycles. The van der Waals surface area contributed by atoms with Crippen molar-refractivity contribution in [3.63, 3.8) is 0 Å². The van der Waals surface area contributed by atoms with Crippen LogP contribution in [0.15, 0.2) is 24.3 Å². The zero-order chi connectivity index (χ0) is 9.73. The summed E-state index contributed by atoms with van der Waals surface area (Å²) >= 11 is 0. The maximum atomic E-state index is 5.85. The van der Waals surface area contributed by atoms with E-state index in [2.05, 4.69) is 31.2 Å². The van der Waals surface area contributed by atoms with Crippen LogP contribution in [0.4, 0.5) is 0 Å². The van der Waals surface area contributed by atoms with Gasteiger partial charge in [-0.3, -0.25) is 0 Å². The van der Waals surface area contributed by atoms with E-state index in [0.717, 1.165) is 12.8 Å². The molecule has 74 valence electrons. The van der Waals surface area contributed by atoms with E-state index in [1.807, 2.05) is 0 Å². The zero-order valence-corrected chi connectivity index (χ0v) is 8.37. The maximum absolute atomic E-state index is 5.85. The second-order valence-electron chi connectivity index (χ2n) is 3.77. The van der Waals surface area contributed by atoms with Gasteiger partial charge >= 0.3 is 0 Å². The van der Waals surface area contributed by atoms with E-state index in [4.69, 9.17) is 11.5 Å². The normalized spacial score (nSPS) is 32.4. The van der Waals surface area contributed by atoms with Crippen LogP contribution in [0.1, 0.15) is 19.8 Å². The molecule has 4 N–H and O–H groups in total. The van der Waals surface area contributed by atoms with Crippen LogP contribution in [0, 0.1) is 11.3 Å². The number of rotatable bonds is 4. The van der Waals surface area contributed by atoms with Crippen molar-refractivity contribution in [2.75, 3.05) is 13.1 Å². The molecule has 0 radical (unpaired) electrons. The van der Waals surface area contributed by atoms with Crippen molar-refractivity contribution in [1.29, 1.82) is 0 Å². The van der Waals surface area contributed by atoms with Crippen LogP contribution in [0.5, 0.6) is 0 Å². The predicted octanol–water partition coefficient (Wildman–Crippen LogP) is 1.43. The Hall–Kier alpha value is -0.600. The van der Waals surface area contributed by atoms with Gasteiger partial charge in [-0.05, 0) is 18.9 Å². The number of hydrogen-bond donors (Lipinski definition) is 2. The van der Waals surface area contributed by atoms with Crippen LogP contribution in [0.3, 0.4) is 0 Å². The van der Waals surface area contributed by atoms with Crippen molar-refractivity contribution in [1.82, 2.24) is 0 Å². The van der Waals surface area contributed by atoms with Gasteiger partial charge in [-0.25, -0.2) is 0 Å². The van der Waals surface area contributed by atoms with Crippen LogP contribution in [0.2, 0.25) is 0 Å². The maximum Gasteiger partial charge on any atom is 0.00822 e.